The highest BCUT2D eigenvalue weighted by atomic mass is 32.2. The number of ether oxygens (including phenoxy) is 2. The third-order valence-electron chi connectivity index (χ3n) is 7.52. The van der Waals surface area contributed by atoms with E-state index in [4.69, 9.17) is 9.47 Å². The van der Waals surface area contributed by atoms with Gasteiger partial charge in [0.2, 0.25) is 17.7 Å². The monoisotopic (exact) mass is 629 g/mol. The van der Waals surface area contributed by atoms with Gasteiger partial charge in [0, 0.05) is 22.0 Å². The number of anilines is 2. The lowest BCUT2D eigenvalue weighted by Gasteiger charge is -2.31. The Morgan fingerprint density at radius 1 is 0.909 bits per heavy atom. The van der Waals surface area contributed by atoms with Crippen LogP contribution >= 0.6 is 23.1 Å². The molecule has 6 rings (SSSR count). The van der Waals surface area contributed by atoms with Gasteiger partial charge >= 0.3 is 10.8 Å². The Labute approximate surface area is 260 Å². The molecule has 0 aliphatic carbocycles. The number of hydrogen-bond acceptors (Lipinski definition) is 9. The molecule has 0 radical (unpaired) electrons. The van der Waals surface area contributed by atoms with Crippen LogP contribution in [0.1, 0.15) is 33.6 Å². The lowest BCUT2D eigenvalue weighted by Crippen LogP contribution is -2.33. The third-order valence-corrected chi connectivity index (χ3v) is 10.1. The van der Waals surface area contributed by atoms with E-state index < -0.39 is 40.8 Å². The fourth-order valence-electron chi connectivity index (χ4n) is 5.59. The number of thiazole rings is 1. The Morgan fingerprint density at radius 2 is 1.61 bits per heavy atom. The molecule has 4 aromatic rings. The number of methoxy groups -OCH3 is 1. The Kier molecular flexibility index (Phi) is 8.11. The van der Waals surface area contributed by atoms with Crippen LogP contribution in [0.5, 0.6) is 5.75 Å². The van der Waals surface area contributed by atoms with Crippen molar-refractivity contribution in [2.24, 2.45) is 5.92 Å². The highest BCUT2D eigenvalue weighted by Gasteiger charge is 2.57. The number of fused-ring (bicyclic) bond motifs is 2. The van der Waals surface area contributed by atoms with Crippen LogP contribution in [0, 0.1) is 5.92 Å². The molecule has 1 saturated heterocycles. The number of para-hydroxylation sites is 2. The van der Waals surface area contributed by atoms with Gasteiger partial charge in [0.1, 0.15) is 17.5 Å². The molecule has 3 amide bonds. The highest BCUT2D eigenvalue weighted by Crippen LogP contribution is 2.55. The zero-order valence-corrected chi connectivity index (χ0v) is 25.4. The van der Waals surface area contributed by atoms with Gasteiger partial charge in [-0.15, -0.1) is 0 Å². The van der Waals surface area contributed by atoms with E-state index in [0.717, 1.165) is 28.0 Å². The molecule has 12 heteroatoms. The molecule has 0 spiro atoms. The zero-order chi connectivity index (χ0) is 31.0. The van der Waals surface area contributed by atoms with Crippen molar-refractivity contribution in [2.45, 2.75) is 29.7 Å². The maximum Gasteiger partial charge on any atom is 0.338 e. The van der Waals surface area contributed by atoms with Crippen molar-refractivity contribution < 1.29 is 28.7 Å². The van der Waals surface area contributed by atoms with E-state index in [1.807, 2.05) is 18.2 Å². The minimum atomic E-state index is -0.868. The van der Waals surface area contributed by atoms with E-state index in [2.05, 4.69) is 5.32 Å². The van der Waals surface area contributed by atoms with Crippen molar-refractivity contribution in [2.75, 3.05) is 23.9 Å². The second kappa shape index (κ2) is 12.1. The molecule has 0 saturated carbocycles. The Hall–Kier alpha value is -4.68. The highest BCUT2D eigenvalue weighted by molar-refractivity contribution is 8.00. The van der Waals surface area contributed by atoms with Gasteiger partial charge < -0.3 is 14.8 Å². The largest absolute Gasteiger partial charge is 0.496 e. The van der Waals surface area contributed by atoms with Crippen LogP contribution in [0.2, 0.25) is 0 Å². The summed E-state index contributed by atoms with van der Waals surface area (Å²) in [4.78, 5) is 68.1. The van der Waals surface area contributed by atoms with Gasteiger partial charge in [0.05, 0.1) is 35.9 Å². The van der Waals surface area contributed by atoms with Crippen LogP contribution in [0.3, 0.4) is 0 Å². The molecule has 10 nitrogen and oxygen atoms in total. The van der Waals surface area contributed by atoms with Crippen LogP contribution < -0.4 is 19.8 Å². The number of esters is 1. The molecular formula is C32H27N3O7S2. The van der Waals surface area contributed by atoms with Gasteiger partial charge in [-0.1, -0.05) is 59.5 Å². The van der Waals surface area contributed by atoms with Crippen LogP contribution in [-0.2, 0) is 25.7 Å². The van der Waals surface area contributed by atoms with Crippen LogP contribution in [-0.4, -0.2) is 47.2 Å². The quantitative estimate of drug-likeness (QED) is 0.223. The number of imide groups is 1. The van der Waals surface area contributed by atoms with Gasteiger partial charge in [0.25, 0.3) is 0 Å². The molecule has 3 aromatic carbocycles. The molecule has 2 aliphatic rings. The predicted octanol–water partition coefficient (Wildman–Crippen LogP) is 4.53. The Morgan fingerprint density at radius 3 is 2.32 bits per heavy atom. The minimum absolute atomic E-state index is 0.220. The second-order valence-electron chi connectivity index (χ2n) is 10.1. The molecule has 2 unspecified atom stereocenters. The van der Waals surface area contributed by atoms with Gasteiger partial charge in [-0.05, 0) is 49.4 Å². The normalized spacial score (nSPS) is 18.9. The second-order valence-corrected chi connectivity index (χ2v) is 12.2. The van der Waals surface area contributed by atoms with Crippen molar-refractivity contribution in [3.05, 3.63) is 105 Å². The number of amides is 3. The van der Waals surface area contributed by atoms with Crippen LogP contribution in [0.15, 0.2) is 88.7 Å². The molecule has 1 fully saturated rings. The standard InChI is InChI=1S/C32H27N3O7S2/c1-3-42-31(39)18-13-15-20(16-14-18)35-28(37)25-24(21-11-7-8-12-22(21)41-2)27-30(43-26(25)29(35)38)34(32(40)44-27)17-23(36)33-19-9-5-4-6-10-19/h4-16,24-26H,3,17H2,1-2H3,(H,33,36)/t24-,25?,26?/m1/s1. The topological polar surface area (TPSA) is 124 Å². The predicted molar refractivity (Wildman–Crippen MR) is 167 cm³/mol. The van der Waals surface area contributed by atoms with E-state index in [1.165, 1.54) is 23.8 Å². The lowest BCUT2D eigenvalue weighted by molar-refractivity contribution is -0.122. The smallest absolute Gasteiger partial charge is 0.338 e. The first-order valence-electron chi connectivity index (χ1n) is 13.8. The van der Waals surface area contributed by atoms with Crippen LogP contribution in [0.25, 0.3) is 0 Å². The minimum Gasteiger partial charge on any atom is -0.496 e. The molecule has 1 N–H and O–H groups in total. The number of carbonyl (C=O) groups is 4. The van der Waals surface area contributed by atoms with Gasteiger partial charge in [-0.2, -0.15) is 0 Å². The fourth-order valence-corrected chi connectivity index (χ4v) is 8.36. The van der Waals surface area contributed by atoms with Crippen molar-refractivity contribution in [3.8, 4) is 5.75 Å². The molecule has 2 aliphatic heterocycles. The summed E-state index contributed by atoms with van der Waals surface area (Å²) in [6.45, 7) is 1.67. The summed E-state index contributed by atoms with van der Waals surface area (Å²) in [5.41, 5.74) is 1.88. The molecule has 44 heavy (non-hydrogen) atoms. The van der Waals surface area contributed by atoms with Gasteiger partial charge in [-0.3, -0.25) is 23.7 Å². The third kappa shape index (κ3) is 5.20. The number of benzene rings is 3. The number of nitrogens with zero attached hydrogens (tertiary/aromatic N) is 2. The first kappa shape index (κ1) is 29.4. The van der Waals surface area contributed by atoms with Crippen molar-refractivity contribution >= 4 is 58.2 Å². The number of nitrogens with one attached hydrogen (secondary N) is 1. The maximum atomic E-state index is 14.2. The zero-order valence-electron chi connectivity index (χ0n) is 23.7. The molecular weight excluding hydrogens is 603 g/mol. The fraction of sp³-hybridized carbons (Fsp3) is 0.219. The summed E-state index contributed by atoms with van der Waals surface area (Å²) < 4.78 is 12.1. The average molecular weight is 630 g/mol. The Bertz CT molecular complexity index is 1820. The van der Waals surface area contributed by atoms with Crippen molar-refractivity contribution in [1.82, 2.24) is 4.57 Å². The van der Waals surface area contributed by atoms with E-state index in [1.54, 1.807) is 55.5 Å². The van der Waals surface area contributed by atoms with E-state index in [0.29, 0.717) is 38.2 Å². The van der Waals surface area contributed by atoms with Gasteiger partial charge in [-0.25, -0.2) is 9.69 Å². The maximum absolute atomic E-state index is 14.2. The number of aromatic nitrogens is 1. The van der Waals surface area contributed by atoms with E-state index in [9.17, 15) is 24.0 Å². The molecule has 224 valence electrons. The number of hydrogen-bond donors (Lipinski definition) is 1. The summed E-state index contributed by atoms with van der Waals surface area (Å²) in [6.07, 6.45) is 0. The summed E-state index contributed by atoms with van der Waals surface area (Å²) in [6, 6.07) is 22.2. The number of rotatable bonds is 8. The number of thioether (sulfide) groups is 1. The van der Waals surface area contributed by atoms with Crippen molar-refractivity contribution in [3.63, 3.8) is 0 Å². The number of carbonyl (C=O) groups excluding carboxylic acids is 4. The molecule has 1 aromatic heterocycles. The summed E-state index contributed by atoms with van der Waals surface area (Å²) in [5, 5.41) is 2.41. The SMILES string of the molecule is CCOC(=O)c1ccc(N2C(=O)C3Sc4c(sc(=O)n4CC(=O)Nc4ccccc4)[C@H](c4ccccc4OC)C3C2=O)cc1. The first-order chi connectivity index (χ1) is 21.3. The molecule has 3 atom stereocenters. The van der Waals surface area contributed by atoms with Crippen molar-refractivity contribution in [1.29, 1.82) is 0 Å². The van der Waals surface area contributed by atoms with Gasteiger partial charge in [0.15, 0.2) is 0 Å². The molecule has 0 bridgehead atoms. The van der Waals surface area contributed by atoms with E-state index in [-0.39, 0.29) is 18.0 Å². The summed E-state index contributed by atoms with van der Waals surface area (Å²) >= 11 is 2.09. The first-order valence-corrected chi connectivity index (χ1v) is 15.5. The average Bonchev–Trinajstić information content (AvgIpc) is 3.47. The lowest BCUT2D eigenvalue weighted by atomic mass is 9.82. The van der Waals surface area contributed by atoms with E-state index >= 15 is 0 Å². The molecule has 3 heterocycles. The summed E-state index contributed by atoms with van der Waals surface area (Å²) in [5.74, 6) is -2.77. The summed E-state index contributed by atoms with van der Waals surface area (Å²) in [7, 11) is 1.52. The Balaban J connectivity index is 1.40. The van der Waals surface area contributed by atoms with Crippen LogP contribution in [0.4, 0.5) is 11.4 Å².